The van der Waals surface area contributed by atoms with Gasteiger partial charge in [0.05, 0.1) is 36.4 Å². The van der Waals surface area contributed by atoms with Crippen LogP contribution >= 0.6 is 0 Å². The van der Waals surface area contributed by atoms with Crippen molar-refractivity contribution in [3.8, 4) is 12.3 Å². The Bertz CT molecular complexity index is 878. The number of aryl methyl sites for hydroxylation is 1. The number of ether oxygens (including phenoxy) is 2. The summed E-state index contributed by atoms with van der Waals surface area (Å²) in [6.07, 6.45) is 11.2. The minimum atomic E-state index is -3.75. The van der Waals surface area contributed by atoms with Crippen LogP contribution in [0.15, 0.2) is 53.1 Å². The van der Waals surface area contributed by atoms with Crippen LogP contribution in [0.2, 0.25) is 0 Å². The Hall–Kier alpha value is -2.56. The SMILES string of the molecule is C#CCN(C1CCC=C1CO/C=C/C(=O)OCC)S(=O)(=O)c1ccc(C)cc1. The predicted molar refractivity (Wildman–Crippen MR) is 107 cm³/mol. The number of benzene rings is 1. The monoisotopic (exact) mass is 403 g/mol. The van der Waals surface area contributed by atoms with Crippen LogP contribution in [0, 0.1) is 19.3 Å². The Kier molecular flexibility index (Phi) is 7.85. The predicted octanol–water partition coefficient (Wildman–Crippen LogP) is 2.80. The first kappa shape index (κ1) is 21.7. The number of terminal acetylenes is 1. The van der Waals surface area contributed by atoms with E-state index in [1.807, 2.05) is 13.0 Å². The first-order valence-electron chi connectivity index (χ1n) is 9.06. The van der Waals surface area contributed by atoms with E-state index >= 15 is 0 Å². The van der Waals surface area contributed by atoms with Crippen molar-refractivity contribution in [3.05, 3.63) is 53.8 Å². The number of hydrogen-bond acceptors (Lipinski definition) is 5. The first-order chi connectivity index (χ1) is 13.4. The number of esters is 1. The van der Waals surface area contributed by atoms with Crippen molar-refractivity contribution >= 4 is 16.0 Å². The summed E-state index contributed by atoms with van der Waals surface area (Å²) >= 11 is 0. The molecule has 28 heavy (non-hydrogen) atoms. The second-order valence-electron chi connectivity index (χ2n) is 6.31. The number of rotatable bonds is 9. The molecule has 0 spiro atoms. The summed E-state index contributed by atoms with van der Waals surface area (Å²) in [5, 5.41) is 0. The van der Waals surface area contributed by atoms with Crippen molar-refractivity contribution < 1.29 is 22.7 Å². The standard InChI is InChI=1S/C21H25NO5S/c1-4-14-22(28(24,25)19-11-9-17(3)10-12-19)20-8-6-7-18(20)16-26-15-13-21(23)27-5-2/h1,7,9-13,15,20H,5-6,8,14,16H2,2-3H3/b15-13+. The number of carbonyl (C=O) groups is 1. The van der Waals surface area contributed by atoms with Gasteiger partial charge in [-0.25, -0.2) is 13.2 Å². The molecule has 1 aromatic rings. The number of sulfonamides is 1. The fraction of sp³-hybridized carbons (Fsp3) is 0.381. The van der Waals surface area contributed by atoms with Crippen molar-refractivity contribution in [2.45, 2.75) is 37.6 Å². The molecule has 0 N–H and O–H groups in total. The van der Waals surface area contributed by atoms with E-state index in [9.17, 15) is 13.2 Å². The van der Waals surface area contributed by atoms with Crippen molar-refractivity contribution in [3.63, 3.8) is 0 Å². The minimum absolute atomic E-state index is 0.0309. The number of allylic oxidation sites excluding steroid dienone is 1. The van der Waals surface area contributed by atoms with Gasteiger partial charge in [-0.1, -0.05) is 29.7 Å². The quantitative estimate of drug-likeness (QED) is 0.208. The Balaban J connectivity index is 2.14. The lowest BCUT2D eigenvalue weighted by molar-refractivity contribution is -0.137. The fourth-order valence-electron chi connectivity index (χ4n) is 2.97. The summed E-state index contributed by atoms with van der Waals surface area (Å²) in [7, 11) is -3.75. The highest BCUT2D eigenvalue weighted by Crippen LogP contribution is 2.29. The van der Waals surface area contributed by atoms with Gasteiger partial charge >= 0.3 is 5.97 Å². The van der Waals surface area contributed by atoms with Crippen LogP contribution in [-0.4, -0.2) is 44.5 Å². The molecule has 0 amide bonds. The fourth-order valence-corrected chi connectivity index (χ4v) is 4.54. The van der Waals surface area contributed by atoms with Crippen molar-refractivity contribution in [1.82, 2.24) is 4.31 Å². The van der Waals surface area contributed by atoms with Gasteiger partial charge in [0.15, 0.2) is 0 Å². The maximum atomic E-state index is 13.1. The largest absolute Gasteiger partial charge is 0.497 e. The van der Waals surface area contributed by atoms with Gasteiger partial charge in [-0.15, -0.1) is 6.42 Å². The number of carbonyl (C=O) groups excluding carboxylic acids is 1. The lowest BCUT2D eigenvalue weighted by Crippen LogP contribution is -2.41. The maximum Gasteiger partial charge on any atom is 0.333 e. The molecule has 0 saturated heterocycles. The van der Waals surface area contributed by atoms with E-state index in [0.29, 0.717) is 6.42 Å². The molecule has 1 aromatic carbocycles. The molecule has 0 aliphatic heterocycles. The molecular weight excluding hydrogens is 378 g/mol. The Labute approximate surface area is 166 Å². The van der Waals surface area contributed by atoms with Gasteiger partial charge in [0.25, 0.3) is 0 Å². The van der Waals surface area contributed by atoms with E-state index in [1.165, 1.54) is 16.6 Å². The summed E-state index contributed by atoms with van der Waals surface area (Å²) in [5.74, 6) is 1.96. The molecule has 150 valence electrons. The van der Waals surface area contributed by atoms with Gasteiger partial charge in [-0.2, -0.15) is 4.31 Å². The molecule has 0 bridgehead atoms. The Morgan fingerprint density at radius 2 is 2.07 bits per heavy atom. The van der Waals surface area contributed by atoms with Gasteiger partial charge < -0.3 is 9.47 Å². The van der Waals surface area contributed by atoms with Crippen molar-refractivity contribution in [2.24, 2.45) is 0 Å². The lowest BCUT2D eigenvalue weighted by Gasteiger charge is -2.28. The highest BCUT2D eigenvalue weighted by molar-refractivity contribution is 7.89. The second-order valence-corrected chi connectivity index (χ2v) is 8.20. The highest BCUT2D eigenvalue weighted by atomic mass is 32.2. The molecule has 0 radical (unpaired) electrons. The van der Waals surface area contributed by atoms with E-state index in [0.717, 1.165) is 17.6 Å². The van der Waals surface area contributed by atoms with E-state index in [-0.39, 0.29) is 30.7 Å². The normalized spacial score (nSPS) is 16.8. The average Bonchev–Trinajstić information content (AvgIpc) is 3.11. The van der Waals surface area contributed by atoms with Crippen LogP contribution in [0.4, 0.5) is 0 Å². The average molecular weight is 404 g/mol. The molecule has 0 heterocycles. The third kappa shape index (κ3) is 5.47. The Morgan fingerprint density at radius 1 is 1.36 bits per heavy atom. The number of nitrogens with zero attached hydrogens (tertiary/aromatic N) is 1. The zero-order chi connectivity index (χ0) is 20.6. The summed E-state index contributed by atoms with van der Waals surface area (Å²) < 4.78 is 37.8. The van der Waals surface area contributed by atoms with Gasteiger partial charge in [0, 0.05) is 0 Å². The van der Waals surface area contributed by atoms with E-state index in [1.54, 1.807) is 31.2 Å². The van der Waals surface area contributed by atoms with Crippen LogP contribution in [0.1, 0.15) is 25.3 Å². The molecule has 1 unspecified atom stereocenters. The smallest absolute Gasteiger partial charge is 0.333 e. The van der Waals surface area contributed by atoms with Gasteiger partial charge in [0.1, 0.15) is 6.61 Å². The van der Waals surface area contributed by atoms with Crippen LogP contribution in [0.3, 0.4) is 0 Å². The number of hydrogen-bond donors (Lipinski definition) is 0. The van der Waals surface area contributed by atoms with Crippen molar-refractivity contribution in [2.75, 3.05) is 19.8 Å². The van der Waals surface area contributed by atoms with E-state index < -0.39 is 16.0 Å². The second kappa shape index (κ2) is 10.1. The van der Waals surface area contributed by atoms with Crippen LogP contribution < -0.4 is 0 Å². The summed E-state index contributed by atoms with van der Waals surface area (Å²) in [6.45, 7) is 4.04. The molecular formula is C21H25NO5S. The van der Waals surface area contributed by atoms with E-state index in [4.69, 9.17) is 15.9 Å². The molecule has 2 rings (SSSR count). The molecule has 0 aromatic heterocycles. The molecule has 1 aliphatic rings. The summed E-state index contributed by atoms with van der Waals surface area (Å²) in [5.41, 5.74) is 1.80. The van der Waals surface area contributed by atoms with Crippen LogP contribution in [-0.2, 0) is 24.3 Å². The van der Waals surface area contributed by atoms with Gasteiger partial charge in [0.2, 0.25) is 10.0 Å². The molecule has 0 fully saturated rings. The molecule has 7 heteroatoms. The minimum Gasteiger partial charge on any atom is -0.497 e. The highest BCUT2D eigenvalue weighted by Gasteiger charge is 2.34. The van der Waals surface area contributed by atoms with Crippen LogP contribution in [0.5, 0.6) is 0 Å². The lowest BCUT2D eigenvalue weighted by atomic mass is 10.1. The molecule has 1 atom stereocenters. The van der Waals surface area contributed by atoms with Crippen molar-refractivity contribution in [1.29, 1.82) is 0 Å². The van der Waals surface area contributed by atoms with E-state index in [2.05, 4.69) is 5.92 Å². The zero-order valence-electron chi connectivity index (χ0n) is 16.1. The molecule has 6 nitrogen and oxygen atoms in total. The van der Waals surface area contributed by atoms with Gasteiger partial charge in [-0.05, 0) is 44.4 Å². The first-order valence-corrected chi connectivity index (χ1v) is 10.5. The molecule has 1 aliphatic carbocycles. The van der Waals surface area contributed by atoms with Crippen LogP contribution in [0.25, 0.3) is 0 Å². The Morgan fingerprint density at radius 3 is 2.71 bits per heavy atom. The zero-order valence-corrected chi connectivity index (χ0v) is 16.9. The third-order valence-corrected chi connectivity index (χ3v) is 6.20. The summed E-state index contributed by atoms with van der Waals surface area (Å²) in [4.78, 5) is 11.5. The topological polar surface area (TPSA) is 72.9 Å². The maximum absolute atomic E-state index is 13.1. The molecule has 0 saturated carbocycles. The summed E-state index contributed by atoms with van der Waals surface area (Å²) in [6, 6.07) is 6.32. The van der Waals surface area contributed by atoms with Gasteiger partial charge in [-0.3, -0.25) is 0 Å². The third-order valence-electron chi connectivity index (χ3n) is 4.33.